The Morgan fingerprint density at radius 1 is 1.03 bits per heavy atom. The lowest BCUT2D eigenvalue weighted by Crippen LogP contribution is -2.54. The normalized spacial score (nSPS) is 12.7. The Morgan fingerprint density at radius 2 is 1.59 bits per heavy atom. The van der Waals surface area contributed by atoms with Gasteiger partial charge in [0, 0.05) is 16.6 Å². The first-order chi connectivity index (χ1) is 14.8. The summed E-state index contributed by atoms with van der Waals surface area (Å²) in [7, 11) is -3.74. The second-order valence-electron chi connectivity index (χ2n) is 8.67. The predicted octanol–water partition coefficient (Wildman–Crippen LogP) is 3.55. The number of carbonyl (C=O) groups excluding carboxylic acids is 2. The topological polar surface area (TPSA) is 86.8 Å². The lowest BCUT2D eigenvalue weighted by Gasteiger charge is -2.33. The molecule has 0 aliphatic heterocycles. The van der Waals surface area contributed by atoms with Crippen LogP contribution < -0.4 is 9.62 Å². The number of rotatable bonds is 8. The first-order valence-electron chi connectivity index (χ1n) is 10.2. The van der Waals surface area contributed by atoms with Gasteiger partial charge in [0.25, 0.3) is 0 Å². The number of halogens is 1. The number of sulfonamides is 1. The van der Waals surface area contributed by atoms with E-state index in [1.54, 1.807) is 31.2 Å². The predicted molar refractivity (Wildman–Crippen MR) is 131 cm³/mol. The van der Waals surface area contributed by atoms with Crippen LogP contribution in [0.25, 0.3) is 0 Å². The smallest absolute Gasteiger partial charge is 0.244 e. The largest absolute Gasteiger partial charge is 0.350 e. The molecule has 2 amide bonds. The number of benzene rings is 2. The molecule has 174 valence electrons. The Bertz CT molecular complexity index is 1040. The summed E-state index contributed by atoms with van der Waals surface area (Å²) in [5.74, 6) is -0.782. The molecule has 0 fully saturated rings. The van der Waals surface area contributed by atoms with Crippen molar-refractivity contribution in [1.29, 1.82) is 0 Å². The fraction of sp³-hybridized carbons (Fsp3) is 0.391. The van der Waals surface area contributed by atoms with Crippen LogP contribution in [0, 0.1) is 0 Å². The van der Waals surface area contributed by atoms with Gasteiger partial charge in [-0.05, 0) is 57.5 Å². The van der Waals surface area contributed by atoms with E-state index in [0.29, 0.717) is 5.69 Å². The Hall–Kier alpha value is -2.39. The Kier molecular flexibility index (Phi) is 8.47. The molecule has 7 nitrogen and oxygen atoms in total. The number of hydrogen-bond donors (Lipinski definition) is 1. The molecule has 0 radical (unpaired) electrons. The van der Waals surface area contributed by atoms with Gasteiger partial charge < -0.3 is 10.2 Å². The summed E-state index contributed by atoms with van der Waals surface area (Å²) in [4.78, 5) is 27.6. The molecule has 0 bridgehead atoms. The highest BCUT2D eigenvalue weighted by atomic mass is 79.9. The van der Waals surface area contributed by atoms with E-state index in [1.165, 1.54) is 4.90 Å². The first-order valence-corrected chi connectivity index (χ1v) is 12.8. The van der Waals surface area contributed by atoms with E-state index in [1.807, 2.05) is 51.1 Å². The molecule has 0 aliphatic carbocycles. The summed E-state index contributed by atoms with van der Waals surface area (Å²) in [6.45, 7) is 6.99. The average molecular weight is 524 g/mol. The molecule has 0 heterocycles. The number of carbonyl (C=O) groups is 2. The van der Waals surface area contributed by atoms with Crippen LogP contribution in [0.1, 0.15) is 33.3 Å². The number of anilines is 1. The highest BCUT2D eigenvalue weighted by Crippen LogP contribution is 2.21. The van der Waals surface area contributed by atoms with Gasteiger partial charge in [0.1, 0.15) is 12.6 Å². The summed E-state index contributed by atoms with van der Waals surface area (Å²) >= 11 is 3.33. The van der Waals surface area contributed by atoms with Gasteiger partial charge in [0.2, 0.25) is 21.8 Å². The lowest BCUT2D eigenvalue weighted by molar-refractivity contribution is -0.140. The second-order valence-corrected chi connectivity index (χ2v) is 11.5. The second kappa shape index (κ2) is 10.5. The fourth-order valence-electron chi connectivity index (χ4n) is 3.06. The molecule has 1 atom stereocenters. The van der Waals surface area contributed by atoms with E-state index in [-0.39, 0.29) is 12.5 Å². The maximum absolute atomic E-state index is 13.4. The minimum atomic E-state index is -3.74. The maximum atomic E-state index is 13.4. The number of nitrogens with one attached hydrogen (secondary N) is 1. The summed E-state index contributed by atoms with van der Waals surface area (Å²) in [6, 6.07) is 15.1. The highest BCUT2D eigenvalue weighted by Gasteiger charge is 2.31. The van der Waals surface area contributed by atoms with Crippen LogP contribution >= 0.6 is 15.9 Å². The van der Waals surface area contributed by atoms with Crippen molar-refractivity contribution in [3.8, 4) is 0 Å². The Balaban J connectivity index is 2.36. The van der Waals surface area contributed by atoms with Crippen LogP contribution in [0.2, 0.25) is 0 Å². The zero-order chi connectivity index (χ0) is 24.1. The van der Waals surface area contributed by atoms with Crippen molar-refractivity contribution >= 4 is 43.5 Å². The summed E-state index contributed by atoms with van der Waals surface area (Å²) in [6.07, 6.45) is 1.06. The molecule has 0 aliphatic rings. The van der Waals surface area contributed by atoms with E-state index in [2.05, 4.69) is 21.2 Å². The van der Waals surface area contributed by atoms with Crippen LogP contribution in [-0.2, 0) is 26.2 Å². The van der Waals surface area contributed by atoms with Gasteiger partial charge in [-0.15, -0.1) is 0 Å². The van der Waals surface area contributed by atoms with Crippen LogP contribution in [0.15, 0.2) is 59.1 Å². The number of hydrogen-bond acceptors (Lipinski definition) is 4. The van der Waals surface area contributed by atoms with Gasteiger partial charge in [-0.3, -0.25) is 13.9 Å². The molecule has 32 heavy (non-hydrogen) atoms. The molecule has 1 unspecified atom stereocenters. The standard InChI is InChI=1S/C23H30BrN3O4S/c1-17(22(29)25-23(2,3)4)26(15-18-9-7-6-8-10-18)21(28)16-27(32(5,30)31)20-13-11-19(24)12-14-20/h6-14,17H,15-16H2,1-5H3,(H,25,29). The molecule has 9 heteroatoms. The van der Waals surface area contributed by atoms with Crippen LogP contribution in [0.3, 0.4) is 0 Å². The maximum Gasteiger partial charge on any atom is 0.244 e. The van der Waals surface area contributed by atoms with Crippen molar-refractivity contribution in [2.75, 3.05) is 17.1 Å². The quantitative estimate of drug-likeness (QED) is 0.573. The molecular weight excluding hydrogens is 494 g/mol. The third-order valence-electron chi connectivity index (χ3n) is 4.66. The van der Waals surface area contributed by atoms with Gasteiger partial charge in [-0.2, -0.15) is 0 Å². The molecule has 1 N–H and O–H groups in total. The van der Waals surface area contributed by atoms with Crippen molar-refractivity contribution in [3.05, 3.63) is 64.6 Å². The molecular formula is C23H30BrN3O4S. The fourth-order valence-corrected chi connectivity index (χ4v) is 4.17. The van der Waals surface area contributed by atoms with Crippen LogP contribution in [0.4, 0.5) is 5.69 Å². The van der Waals surface area contributed by atoms with Crippen molar-refractivity contribution in [2.45, 2.75) is 45.8 Å². The van der Waals surface area contributed by atoms with Crippen molar-refractivity contribution in [2.24, 2.45) is 0 Å². The van der Waals surface area contributed by atoms with E-state index < -0.39 is 34.1 Å². The first kappa shape index (κ1) is 25.9. The van der Waals surface area contributed by atoms with Crippen molar-refractivity contribution < 1.29 is 18.0 Å². The summed E-state index contributed by atoms with van der Waals surface area (Å²) < 4.78 is 26.8. The molecule has 2 rings (SSSR count). The number of amides is 2. The monoisotopic (exact) mass is 523 g/mol. The Morgan fingerprint density at radius 3 is 2.09 bits per heavy atom. The SMILES string of the molecule is CC(C(=O)NC(C)(C)C)N(Cc1ccccc1)C(=O)CN(c1ccc(Br)cc1)S(C)(=O)=O. The Labute approximate surface area is 199 Å². The average Bonchev–Trinajstić information content (AvgIpc) is 2.69. The lowest BCUT2D eigenvalue weighted by atomic mass is 10.1. The van der Waals surface area contributed by atoms with Gasteiger partial charge in [0.15, 0.2) is 0 Å². The molecule has 0 saturated carbocycles. The van der Waals surface area contributed by atoms with E-state index in [0.717, 1.165) is 20.6 Å². The van der Waals surface area contributed by atoms with Gasteiger partial charge >= 0.3 is 0 Å². The third kappa shape index (κ3) is 7.63. The minimum absolute atomic E-state index is 0.177. The van der Waals surface area contributed by atoms with E-state index in [4.69, 9.17) is 0 Å². The highest BCUT2D eigenvalue weighted by molar-refractivity contribution is 9.10. The number of nitrogens with zero attached hydrogens (tertiary/aromatic N) is 2. The van der Waals surface area contributed by atoms with Crippen LogP contribution in [-0.4, -0.2) is 49.5 Å². The molecule has 0 saturated heterocycles. The van der Waals surface area contributed by atoms with Crippen LogP contribution in [0.5, 0.6) is 0 Å². The van der Waals surface area contributed by atoms with Crippen molar-refractivity contribution in [1.82, 2.24) is 10.2 Å². The molecule has 0 aromatic heterocycles. The third-order valence-corrected chi connectivity index (χ3v) is 6.32. The molecule has 2 aromatic rings. The van der Waals surface area contributed by atoms with Crippen molar-refractivity contribution in [3.63, 3.8) is 0 Å². The zero-order valence-electron chi connectivity index (χ0n) is 19.0. The van der Waals surface area contributed by atoms with E-state index in [9.17, 15) is 18.0 Å². The van der Waals surface area contributed by atoms with Gasteiger partial charge in [0.05, 0.1) is 11.9 Å². The van der Waals surface area contributed by atoms with Gasteiger partial charge in [-0.25, -0.2) is 8.42 Å². The molecule has 0 spiro atoms. The molecule has 2 aromatic carbocycles. The zero-order valence-corrected chi connectivity index (χ0v) is 21.4. The van der Waals surface area contributed by atoms with Gasteiger partial charge in [-0.1, -0.05) is 46.3 Å². The summed E-state index contributed by atoms with van der Waals surface area (Å²) in [5.41, 5.74) is 0.740. The summed E-state index contributed by atoms with van der Waals surface area (Å²) in [5, 5.41) is 2.89. The minimum Gasteiger partial charge on any atom is -0.350 e. The van der Waals surface area contributed by atoms with E-state index >= 15 is 0 Å².